The van der Waals surface area contributed by atoms with Crippen LogP contribution in [0.3, 0.4) is 0 Å². The summed E-state index contributed by atoms with van der Waals surface area (Å²) in [5.74, 6) is 1.89. The van der Waals surface area contributed by atoms with E-state index < -0.39 is 0 Å². The molecule has 0 bridgehead atoms. The molecule has 1 amide bonds. The Kier molecular flexibility index (Phi) is 6.78. The number of benzene rings is 1. The average molecular weight is 373 g/mol. The number of carbonyl (C=O) groups is 1. The van der Waals surface area contributed by atoms with Crippen molar-refractivity contribution in [1.82, 2.24) is 10.2 Å². The van der Waals surface area contributed by atoms with Crippen LogP contribution in [0.1, 0.15) is 49.9 Å². The summed E-state index contributed by atoms with van der Waals surface area (Å²) in [6.07, 6.45) is 8.73. The number of hydrogen-bond acceptors (Lipinski definition) is 4. The molecule has 5 heteroatoms. The topological polar surface area (TPSA) is 50.8 Å². The fraction of sp³-hybridized carbons (Fsp3) is 0.591. The number of amides is 1. The van der Waals surface area contributed by atoms with E-state index in [0.717, 1.165) is 45.3 Å². The van der Waals surface area contributed by atoms with Gasteiger partial charge in [-0.3, -0.25) is 9.69 Å². The van der Waals surface area contributed by atoms with E-state index in [1.807, 2.05) is 12.1 Å². The molecule has 2 fully saturated rings. The van der Waals surface area contributed by atoms with Crippen molar-refractivity contribution in [3.63, 3.8) is 0 Å². The van der Waals surface area contributed by atoms with Crippen LogP contribution in [-0.2, 0) is 0 Å². The number of carbonyl (C=O) groups excluding carboxylic acids is 1. The Morgan fingerprint density at radius 3 is 2.63 bits per heavy atom. The predicted octanol–water partition coefficient (Wildman–Crippen LogP) is 3.64. The number of nitrogens with one attached hydrogen (secondary N) is 1. The molecule has 5 nitrogen and oxygen atoms in total. The smallest absolute Gasteiger partial charge is 0.255 e. The summed E-state index contributed by atoms with van der Waals surface area (Å²) in [5.41, 5.74) is 0.602. The summed E-state index contributed by atoms with van der Waals surface area (Å²) < 4.78 is 11.6. The minimum atomic E-state index is -0.0496. The maximum absolute atomic E-state index is 12.5. The largest absolute Gasteiger partial charge is 0.497 e. The Morgan fingerprint density at radius 2 is 2.00 bits per heavy atom. The Labute approximate surface area is 162 Å². The van der Waals surface area contributed by atoms with Gasteiger partial charge in [0.05, 0.1) is 12.7 Å². The molecule has 1 aliphatic carbocycles. The van der Waals surface area contributed by atoms with E-state index in [0.29, 0.717) is 29.0 Å². The van der Waals surface area contributed by atoms with Gasteiger partial charge in [0.2, 0.25) is 0 Å². The van der Waals surface area contributed by atoms with Crippen molar-refractivity contribution >= 4 is 5.91 Å². The van der Waals surface area contributed by atoms with Crippen molar-refractivity contribution in [2.45, 2.75) is 51.7 Å². The molecular weight excluding hydrogens is 340 g/mol. The highest BCUT2D eigenvalue weighted by atomic mass is 16.5. The van der Waals surface area contributed by atoms with E-state index in [4.69, 9.17) is 9.47 Å². The highest BCUT2D eigenvalue weighted by molar-refractivity contribution is 5.97. The summed E-state index contributed by atoms with van der Waals surface area (Å²) in [7, 11) is 1.63. The van der Waals surface area contributed by atoms with Crippen molar-refractivity contribution in [1.29, 1.82) is 0 Å². The minimum Gasteiger partial charge on any atom is -0.497 e. The van der Waals surface area contributed by atoms with E-state index in [1.54, 1.807) is 13.2 Å². The van der Waals surface area contributed by atoms with Gasteiger partial charge in [-0.15, -0.1) is 0 Å². The molecule has 0 aromatic heterocycles. The third-order valence-corrected chi connectivity index (χ3v) is 5.06. The SMILES string of the molecule is COc1ccc(C(=O)NC2CC2)c(OC2CCN(C/C=C/C(C)C)CC2)c1. The molecule has 0 atom stereocenters. The lowest BCUT2D eigenvalue weighted by Crippen LogP contribution is -2.38. The number of hydrogen-bond donors (Lipinski definition) is 1. The number of rotatable bonds is 8. The van der Waals surface area contributed by atoms with Gasteiger partial charge in [0.1, 0.15) is 17.6 Å². The zero-order chi connectivity index (χ0) is 19.2. The molecular formula is C22H32N2O3. The van der Waals surface area contributed by atoms with Gasteiger partial charge < -0.3 is 14.8 Å². The Balaban J connectivity index is 1.58. The first-order valence-electron chi connectivity index (χ1n) is 10.1. The summed E-state index contributed by atoms with van der Waals surface area (Å²) in [5, 5.41) is 3.05. The highest BCUT2D eigenvalue weighted by Gasteiger charge is 2.27. The van der Waals surface area contributed by atoms with Crippen LogP contribution in [0.2, 0.25) is 0 Å². The first-order chi connectivity index (χ1) is 13.0. The highest BCUT2D eigenvalue weighted by Crippen LogP contribution is 2.29. The zero-order valence-electron chi connectivity index (χ0n) is 16.7. The predicted molar refractivity (Wildman–Crippen MR) is 108 cm³/mol. The van der Waals surface area contributed by atoms with Crippen LogP contribution in [-0.4, -0.2) is 49.7 Å². The van der Waals surface area contributed by atoms with Gasteiger partial charge in [0.15, 0.2) is 0 Å². The van der Waals surface area contributed by atoms with Crippen molar-refractivity contribution in [3.05, 3.63) is 35.9 Å². The zero-order valence-corrected chi connectivity index (χ0v) is 16.7. The second-order valence-corrected chi connectivity index (χ2v) is 7.90. The molecule has 27 heavy (non-hydrogen) atoms. The summed E-state index contributed by atoms with van der Waals surface area (Å²) in [4.78, 5) is 15.0. The van der Waals surface area contributed by atoms with E-state index in [2.05, 4.69) is 36.2 Å². The number of ether oxygens (including phenoxy) is 2. The first-order valence-corrected chi connectivity index (χ1v) is 10.1. The Hall–Kier alpha value is -2.01. The quantitative estimate of drug-likeness (QED) is 0.708. The minimum absolute atomic E-state index is 0.0496. The number of methoxy groups -OCH3 is 1. The lowest BCUT2D eigenvalue weighted by atomic mass is 10.1. The van der Waals surface area contributed by atoms with Crippen molar-refractivity contribution < 1.29 is 14.3 Å². The van der Waals surface area contributed by atoms with Crippen molar-refractivity contribution in [2.75, 3.05) is 26.7 Å². The van der Waals surface area contributed by atoms with Crippen LogP contribution in [0, 0.1) is 5.92 Å². The molecule has 2 aliphatic rings. The second-order valence-electron chi connectivity index (χ2n) is 7.90. The third-order valence-electron chi connectivity index (χ3n) is 5.06. The van der Waals surface area contributed by atoms with Gasteiger partial charge in [0, 0.05) is 31.7 Å². The van der Waals surface area contributed by atoms with Gasteiger partial charge >= 0.3 is 0 Å². The maximum atomic E-state index is 12.5. The molecule has 0 unspecified atom stereocenters. The van der Waals surface area contributed by atoms with E-state index in [1.165, 1.54) is 0 Å². The van der Waals surface area contributed by atoms with Gasteiger partial charge in [-0.2, -0.15) is 0 Å². The summed E-state index contributed by atoms with van der Waals surface area (Å²) in [6.45, 7) is 7.42. The van der Waals surface area contributed by atoms with Gasteiger partial charge in [-0.25, -0.2) is 0 Å². The molecule has 1 aliphatic heterocycles. The van der Waals surface area contributed by atoms with Gasteiger partial charge in [-0.05, 0) is 43.7 Å². The van der Waals surface area contributed by atoms with Crippen LogP contribution < -0.4 is 14.8 Å². The van der Waals surface area contributed by atoms with Crippen LogP contribution in [0.15, 0.2) is 30.4 Å². The molecule has 0 spiro atoms. The van der Waals surface area contributed by atoms with Crippen LogP contribution >= 0.6 is 0 Å². The molecule has 1 saturated carbocycles. The van der Waals surface area contributed by atoms with Crippen molar-refractivity contribution in [2.24, 2.45) is 5.92 Å². The van der Waals surface area contributed by atoms with Crippen LogP contribution in [0.4, 0.5) is 0 Å². The van der Waals surface area contributed by atoms with E-state index >= 15 is 0 Å². The van der Waals surface area contributed by atoms with Crippen molar-refractivity contribution in [3.8, 4) is 11.5 Å². The summed E-state index contributed by atoms with van der Waals surface area (Å²) in [6, 6.07) is 5.78. The number of allylic oxidation sites excluding steroid dienone is 1. The second kappa shape index (κ2) is 9.27. The third kappa shape index (κ3) is 5.99. The lowest BCUT2D eigenvalue weighted by Gasteiger charge is -2.32. The molecule has 1 saturated heterocycles. The fourth-order valence-corrected chi connectivity index (χ4v) is 3.28. The van der Waals surface area contributed by atoms with E-state index in [9.17, 15) is 4.79 Å². The molecule has 148 valence electrons. The number of piperidine rings is 1. The molecule has 0 radical (unpaired) electrons. The van der Waals surface area contributed by atoms with Gasteiger partial charge in [0.25, 0.3) is 5.91 Å². The maximum Gasteiger partial charge on any atom is 0.255 e. The standard InChI is InChI=1S/C22H32N2O3/c1-16(2)5-4-12-24-13-10-18(11-14-24)27-21-15-19(26-3)8-9-20(21)22(25)23-17-6-7-17/h4-5,8-9,15-18H,6-7,10-14H2,1-3H3,(H,23,25)/b5-4+. The lowest BCUT2D eigenvalue weighted by molar-refractivity contribution is 0.0916. The Morgan fingerprint density at radius 1 is 1.26 bits per heavy atom. The summed E-state index contributed by atoms with van der Waals surface area (Å²) >= 11 is 0. The molecule has 1 aromatic rings. The molecule has 1 aromatic carbocycles. The molecule has 1 N–H and O–H groups in total. The van der Waals surface area contributed by atoms with E-state index in [-0.39, 0.29) is 12.0 Å². The first kappa shape index (κ1) is 19.7. The normalized spacial score (nSPS) is 18.8. The van der Waals surface area contributed by atoms with Crippen LogP contribution in [0.5, 0.6) is 11.5 Å². The molecule has 3 rings (SSSR count). The molecule has 1 heterocycles. The average Bonchev–Trinajstić information content (AvgIpc) is 3.46. The number of likely N-dealkylation sites (tertiary alicyclic amines) is 1. The van der Waals surface area contributed by atoms with Gasteiger partial charge in [-0.1, -0.05) is 26.0 Å². The Bertz CT molecular complexity index is 660. The monoisotopic (exact) mass is 372 g/mol. The number of nitrogens with zero attached hydrogens (tertiary/aromatic N) is 1. The fourth-order valence-electron chi connectivity index (χ4n) is 3.28. The van der Waals surface area contributed by atoms with Crippen LogP contribution in [0.25, 0.3) is 0 Å².